The van der Waals surface area contributed by atoms with Gasteiger partial charge in [-0.25, -0.2) is 0 Å². The van der Waals surface area contributed by atoms with Crippen LogP contribution in [-0.4, -0.2) is 32.8 Å². The first-order valence-electron chi connectivity index (χ1n) is 6.21. The van der Waals surface area contributed by atoms with E-state index in [0.29, 0.717) is 11.6 Å². The summed E-state index contributed by atoms with van der Waals surface area (Å²) in [5.41, 5.74) is 2.52. The zero-order valence-electron chi connectivity index (χ0n) is 10.5. The topological polar surface area (TPSA) is 24.5 Å². The lowest BCUT2D eigenvalue weighted by atomic mass is 10.2. The van der Waals surface area contributed by atoms with E-state index in [4.69, 9.17) is 16.3 Å². The summed E-state index contributed by atoms with van der Waals surface area (Å²) in [7, 11) is 0. The standard InChI is InChI=1S/C14H19ClN2O/c1-12(15)10-16-11-13-2-4-14(5-3-13)17-6-8-18-9-7-17/h2-5,16H,1,6-11H2. The number of hydrogen-bond acceptors (Lipinski definition) is 3. The first-order chi connectivity index (χ1) is 8.75. The van der Waals surface area contributed by atoms with Crippen LogP contribution in [-0.2, 0) is 11.3 Å². The van der Waals surface area contributed by atoms with Crippen molar-refractivity contribution in [3.05, 3.63) is 41.4 Å². The molecule has 0 aliphatic carbocycles. The van der Waals surface area contributed by atoms with E-state index in [2.05, 4.69) is 41.1 Å². The minimum Gasteiger partial charge on any atom is -0.378 e. The van der Waals surface area contributed by atoms with E-state index >= 15 is 0 Å². The zero-order chi connectivity index (χ0) is 12.8. The number of nitrogens with zero attached hydrogens (tertiary/aromatic N) is 1. The first-order valence-corrected chi connectivity index (χ1v) is 6.59. The first kappa shape index (κ1) is 13.4. The van der Waals surface area contributed by atoms with Crippen LogP contribution < -0.4 is 10.2 Å². The predicted molar refractivity (Wildman–Crippen MR) is 76.2 cm³/mol. The number of morpholine rings is 1. The number of anilines is 1. The summed E-state index contributed by atoms with van der Waals surface area (Å²) in [6, 6.07) is 8.62. The van der Waals surface area contributed by atoms with Gasteiger partial charge in [0.05, 0.1) is 13.2 Å². The zero-order valence-corrected chi connectivity index (χ0v) is 11.2. The molecule has 3 nitrogen and oxygen atoms in total. The molecule has 1 N–H and O–H groups in total. The van der Waals surface area contributed by atoms with Gasteiger partial charge in [0.25, 0.3) is 0 Å². The average molecular weight is 267 g/mol. The third kappa shape index (κ3) is 4.02. The highest BCUT2D eigenvalue weighted by atomic mass is 35.5. The smallest absolute Gasteiger partial charge is 0.0642 e. The van der Waals surface area contributed by atoms with Gasteiger partial charge in [-0.15, -0.1) is 0 Å². The van der Waals surface area contributed by atoms with Crippen molar-refractivity contribution < 1.29 is 4.74 Å². The number of benzene rings is 1. The van der Waals surface area contributed by atoms with E-state index in [-0.39, 0.29) is 0 Å². The highest BCUT2D eigenvalue weighted by Crippen LogP contribution is 2.16. The van der Waals surface area contributed by atoms with Gasteiger partial charge in [-0.1, -0.05) is 30.3 Å². The second-order valence-corrected chi connectivity index (χ2v) is 4.92. The number of ether oxygens (including phenoxy) is 1. The second-order valence-electron chi connectivity index (χ2n) is 4.39. The molecule has 4 heteroatoms. The molecule has 1 saturated heterocycles. The van der Waals surface area contributed by atoms with Crippen LogP contribution in [0.3, 0.4) is 0 Å². The quantitative estimate of drug-likeness (QED) is 0.886. The lowest BCUT2D eigenvalue weighted by molar-refractivity contribution is 0.122. The molecule has 1 heterocycles. The summed E-state index contributed by atoms with van der Waals surface area (Å²) in [6.07, 6.45) is 0. The van der Waals surface area contributed by atoms with Crippen molar-refractivity contribution in [3.63, 3.8) is 0 Å². The molecular formula is C14H19ClN2O. The van der Waals surface area contributed by atoms with E-state index < -0.39 is 0 Å². The van der Waals surface area contributed by atoms with Crippen molar-refractivity contribution in [2.24, 2.45) is 0 Å². The molecule has 0 spiro atoms. The second kappa shape index (κ2) is 6.78. The fourth-order valence-electron chi connectivity index (χ4n) is 1.99. The SMILES string of the molecule is C=C(Cl)CNCc1ccc(N2CCOCC2)cc1. The Bertz CT molecular complexity index is 385. The lowest BCUT2D eigenvalue weighted by Crippen LogP contribution is -2.36. The number of halogens is 1. The predicted octanol–water partition coefficient (Wildman–Crippen LogP) is 2.37. The Morgan fingerprint density at radius 2 is 1.94 bits per heavy atom. The van der Waals surface area contributed by atoms with E-state index in [0.717, 1.165) is 32.8 Å². The minimum absolute atomic E-state index is 0.639. The fourth-order valence-corrected chi connectivity index (χ4v) is 2.08. The van der Waals surface area contributed by atoms with Crippen LogP contribution in [0.1, 0.15) is 5.56 Å². The number of nitrogens with one attached hydrogen (secondary N) is 1. The number of rotatable bonds is 5. The maximum atomic E-state index is 5.70. The van der Waals surface area contributed by atoms with Crippen LogP contribution in [0.2, 0.25) is 0 Å². The molecule has 0 amide bonds. The lowest BCUT2D eigenvalue weighted by Gasteiger charge is -2.28. The molecule has 2 rings (SSSR count). The summed E-state index contributed by atoms with van der Waals surface area (Å²) in [6.45, 7) is 8.70. The van der Waals surface area contributed by atoms with Crippen LogP contribution in [0.5, 0.6) is 0 Å². The molecule has 98 valence electrons. The summed E-state index contributed by atoms with van der Waals surface area (Å²) in [5, 5.41) is 3.87. The molecular weight excluding hydrogens is 248 g/mol. The molecule has 1 fully saturated rings. The van der Waals surface area contributed by atoms with Gasteiger partial charge >= 0.3 is 0 Å². The Hall–Kier alpha value is -1.03. The van der Waals surface area contributed by atoms with Crippen molar-refractivity contribution in [2.75, 3.05) is 37.7 Å². The van der Waals surface area contributed by atoms with Crippen LogP contribution in [0, 0.1) is 0 Å². The minimum atomic E-state index is 0.639. The molecule has 1 aliphatic heterocycles. The van der Waals surface area contributed by atoms with Gasteiger partial charge in [0.2, 0.25) is 0 Å². The molecule has 1 aliphatic rings. The van der Waals surface area contributed by atoms with Crippen molar-refractivity contribution in [3.8, 4) is 0 Å². The van der Waals surface area contributed by atoms with E-state index in [1.54, 1.807) is 0 Å². The van der Waals surface area contributed by atoms with Gasteiger partial charge in [-0.3, -0.25) is 0 Å². The van der Waals surface area contributed by atoms with E-state index in [1.165, 1.54) is 11.3 Å². The maximum absolute atomic E-state index is 5.70. The maximum Gasteiger partial charge on any atom is 0.0642 e. The van der Waals surface area contributed by atoms with Gasteiger partial charge in [0, 0.05) is 36.9 Å². The summed E-state index contributed by atoms with van der Waals surface area (Å²) < 4.78 is 5.35. The normalized spacial score (nSPS) is 15.7. The van der Waals surface area contributed by atoms with Crippen LogP contribution in [0.4, 0.5) is 5.69 Å². The third-order valence-electron chi connectivity index (χ3n) is 2.96. The van der Waals surface area contributed by atoms with Gasteiger partial charge in [-0.2, -0.15) is 0 Å². The van der Waals surface area contributed by atoms with Crippen molar-refractivity contribution in [1.82, 2.24) is 5.32 Å². The molecule has 0 bridgehead atoms. The van der Waals surface area contributed by atoms with Crippen LogP contribution in [0.15, 0.2) is 35.9 Å². The highest BCUT2D eigenvalue weighted by Gasteiger charge is 2.10. The van der Waals surface area contributed by atoms with Gasteiger partial charge in [0.1, 0.15) is 0 Å². The van der Waals surface area contributed by atoms with Crippen LogP contribution >= 0.6 is 11.6 Å². The Kier molecular flexibility index (Phi) is 5.05. The van der Waals surface area contributed by atoms with Gasteiger partial charge < -0.3 is 15.0 Å². The van der Waals surface area contributed by atoms with E-state index in [9.17, 15) is 0 Å². The molecule has 0 unspecified atom stereocenters. The van der Waals surface area contributed by atoms with Crippen molar-refractivity contribution in [2.45, 2.75) is 6.54 Å². The average Bonchev–Trinajstić information content (AvgIpc) is 2.40. The fraction of sp³-hybridized carbons (Fsp3) is 0.429. The molecule has 0 saturated carbocycles. The summed E-state index contributed by atoms with van der Waals surface area (Å²) in [4.78, 5) is 2.35. The van der Waals surface area contributed by atoms with Gasteiger partial charge in [-0.05, 0) is 17.7 Å². The molecule has 1 aromatic carbocycles. The Morgan fingerprint density at radius 3 is 2.56 bits per heavy atom. The van der Waals surface area contributed by atoms with E-state index in [1.807, 2.05) is 0 Å². The largest absolute Gasteiger partial charge is 0.378 e. The van der Waals surface area contributed by atoms with Crippen molar-refractivity contribution >= 4 is 17.3 Å². The summed E-state index contributed by atoms with van der Waals surface area (Å²) in [5.74, 6) is 0. The third-order valence-corrected chi connectivity index (χ3v) is 3.09. The monoisotopic (exact) mass is 266 g/mol. The molecule has 0 radical (unpaired) electrons. The molecule has 1 aromatic rings. The Morgan fingerprint density at radius 1 is 1.28 bits per heavy atom. The molecule has 0 atom stereocenters. The van der Waals surface area contributed by atoms with Crippen molar-refractivity contribution in [1.29, 1.82) is 0 Å². The highest BCUT2D eigenvalue weighted by molar-refractivity contribution is 6.29. The summed E-state index contributed by atoms with van der Waals surface area (Å²) >= 11 is 5.70. The molecule has 0 aromatic heterocycles. The number of hydrogen-bond donors (Lipinski definition) is 1. The Labute approximate surface area is 113 Å². The Balaban J connectivity index is 1.86. The van der Waals surface area contributed by atoms with Gasteiger partial charge in [0.15, 0.2) is 0 Å². The van der Waals surface area contributed by atoms with Crippen LogP contribution in [0.25, 0.3) is 0 Å². The molecule has 18 heavy (non-hydrogen) atoms.